The minimum atomic E-state index is -1.55. The van der Waals surface area contributed by atoms with E-state index in [2.05, 4.69) is 23.8 Å². The molecule has 214 valence electrons. The lowest BCUT2D eigenvalue weighted by Gasteiger charge is -2.36. The topological polar surface area (TPSA) is 182 Å². The van der Waals surface area contributed by atoms with Crippen LogP contribution in [-0.2, 0) is 47.6 Å². The lowest BCUT2D eigenvalue weighted by Crippen LogP contribution is -2.47. The first-order valence-electron chi connectivity index (χ1n) is 11.5. The minimum absolute atomic E-state index is 0.0641. The predicted octanol–water partition coefficient (Wildman–Crippen LogP) is 1.04. The molecule has 2 unspecified atom stereocenters. The normalized spacial score (nSPS) is 13.3. The second-order valence-corrected chi connectivity index (χ2v) is 8.10. The molecule has 14 heteroatoms. The molecule has 0 aliphatic carbocycles. The highest BCUT2D eigenvalue weighted by molar-refractivity contribution is 5.82. The van der Waals surface area contributed by atoms with Gasteiger partial charge in [-0.3, -0.25) is 9.59 Å². The van der Waals surface area contributed by atoms with Crippen molar-refractivity contribution in [1.29, 1.82) is 0 Å². The fourth-order valence-electron chi connectivity index (χ4n) is 3.20. The molecule has 0 heterocycles. The summed E-state index contributed by atoms with van der Waals surface area (Å²) < 4.78 is 29.6. The van der Waals surface area contributed by atoms with E-state index in [1.165, 1.54) is 6.92 Å². The Morgan fingerprint density at radius 2 is 1.18 bits per heavy atom. The van der Waals surface area contributed by atoms with Gasteiger partial charge in [0.15, 0.2) is 0 Å². The van der Waals surface area contributed by atoms with Crippen molar-refractivity contribution in [2.45, 2.75) is 26.7 Å². The maximum Gasteiger partial charge on any atom is 0.407 e. The zero-order valence-electron chi connectivity index (χ0n) is 22.1. The van der Waals surface area contributed by atoms with E-state index in [0.29, 0.717) is 0 Å². The van der Waals surface area contributed by atoms with Gasteiger partial charge in [-0.1, -0.05) is 20.1 Å². The van der Waals surface area contributed by atoms with E-state index in [-0.39, 0.29) is 39.1 Å². The summed E-state index contributed by atoms with van der Waals surface area (Å²) in [5.41, 5.74) is -3.06. The first kappa shape index (κ1) is 33.9. The molecule has 0 saturated carbocycles. The predicted molar refractivity (Wildman–Crippen MR) is 130 cm³/mol. The molecule has 2 N–H and O–H groups in total. The van der Waals surface area contributed by atoms with Gasteiger partial charge in [-0.25, -0.2) is 19.2 Å². The van der Waals surface area contributed by atoms with Gasteiger partial charge >= 0.3 is 36.1 Å². The molecule has 2 atom stereocenters. The highest BCUT2D eigenvalue weighted by Gasteiger charge is 2.50. The number of nitrogens with one attached hydrogen (secondary N) is 2. The Labute approximate surface area is 221 Å². The van der Waals surface area contributed by atoms with Gasteiger partial charge in [0.25, 0.3) is 0 Å². The summed E-state index contributed by atoms with van der Waals surface area (Å²) >= 11 is 0. The van der Waals surface area contributed by atoms with Crippen LogP contribution in [-0.4, -0.2) is 89.8 Å². The van der Waals surface area contributed by atoms with Crippen molar-refractivity contribution in [3.05, 3.63) is 25.3 Å². The Morgan fingerprint density at radius 1 is 0.737 bits per heavy atom. The molecule has 0 saturated heterocycles. The fraction of sp³-hybridized carbons (Fsp3) is 0.583. The van der Waals surface area contributed by atoms with Crippen molar-refractivity contribution >= 4 is 36.1 Å². The van der Waals surface area contributed by atoms with Gasteiger partial charge < -0.3 is 39.1 Å². The van der Waals surface area contributed by atoms with Crippen molar-refractivity contribution in [1.82, 2.24) is 10.6 Å². The van der Waals surface area contributed by atoms with Crippen molar-refractivity contribution in [3.8, 4) is 0 Å². The van der Waals surface area contributed by atoms with E-state index in [1.54, 1.807) is 6.92 Å². The third-order valence-corrected chi connectivity index (χ3v) is 5.27. The standard InChI is InChI=1S/C24H36N2O12/c1-7-17(27)35-12-10-25-21(31)37-15-23(4,19(29)33-5)14-24(9-3,20(30)34-6)16-38-22(32)26-11-13-36-18(28)8-2/h7-8H,1-2,9-16H2,3-6H3,(H,25,31)(H,26,32). The first-order valence-corrected chi connectivity index (χ1v) is 11.5. The Kier molecular flexibility index (Phi) is 15.5. The number of methoxy groups -OCH3 is 2. The van der Waals surface area contributed by atoms with Crippen molar-refractivity contribution in [3.63, 3.8) is 0 Å². The Bertz CT molecular complexity index is 874. The number of hydrogen-bond acceptors (Lipinski definition) is 12. The SMILES string of the molecule is C=CC(=O)OCCNC(=O)OCC(C)(CC(CC)(COC(=O)NCCOC(=O)C=C)C(=O)OC)C(=O)OC. The molecule has 0 aliphatic rings. The van der Waals surface area contributed by atoms with Crippen LogP contribution < -0.4 is 10.6 Å². The van der Waals surface area contributed by atoms with E-state index in [0.717, 1.165) is 26.4 Å². The number of alkyl carbamates (subject to hydrolysis) is 2. The summed E-state index contributed by atoms with van der Waals surface area (Å²) in [6, 6.07) is 0. The van der Waals surface area contributed by atoms with E-state index in [1.807, 2.05) is 0 Å². The van der Waals surface area contributed by atoms with E-state index in [9.17, 15) is 28.8 Å². The largest absolute Gasteiger partial charge is 0.469 e. The van der Waals surface area contributed by atoms with Crippen LogP contribution in [0.4, 0.5) is 9.59 Å². The fourth-order valence-corrected chi connectivity index (χ4v) is 3.20. The molecule has 0 rings (SSSR count). The summed E-state index contributed by atoms with van der Waals surface area (Å²) in [6.07, 6.45) is -0.0782. The molecule has 0 aliphatic heterocycles. The quantitative estimate of drug-likeness (QED) is 0.115. The molecular weight excluding hydrogens is 508 g/mol. The van der Waals surface area contributed by atoms with Crippen molar-refractivity contribution in [2.75, 3.05) is 53.7 Å². The number of ether oxygens (including phenoxy) is 6. The van der Waals surface area contributed by atoms with Crippen LogP contribution in [0.1, 0.15) is 26.7 Å². The highest BCUT2D eigenvalue weighted by Crippen LogP contribution is 2.40. The van der Waals surface area contributed by atoms with Crippen LogP contribution in [0.3, 0.4) is 0 Å². The van der Waals surface area contributed by atoms with Gasteiger partial charge in [-0.2, -0.15) is 0 Å². The molecule has 0 aromatic rings. The summed E-state index contributed by atoms with van der Waals surface area (Å²) in [5, 5.41) is 4.70. The van der Waals surface area contributed by atoms with Crippen LogP contribution in [0.15, 0.2) is 25.3 Å². The van der Waals surface area contributed by atoms with Crippen LogP contribution in [0.2, 0.25) is 0 Å². The molecule has 38 heavy (non-hydrogen) atoms. The van der Waals surface area contributed by atoms with Gasteiger partial charge in [0.2, 0.25) is 0 Å². The second kappa shape index (κ2) is 17.4. The Balaban J connectivity index is 5.35. The monoisotopic (exact) mass is 544 g/mol. The smallest absolute Gasteiger partial charge is 0.407 e. The number of rotatable bonds is 17. The van der Waals surface area contributed by atoms with Crippen LogP contribution >= 0.6 is 0 Å². The number of hydrogen-bond donors (Lipinski definition) is 2. The van der Waals surface area contributed by atoms with E-state index in [4.69, 9.17) is 28.4 Å². The maximum atomic E-state index is 12.8. The van der Waals surface area contributed by atoms with Crippen LogP contribution in [0.5, 0.6) is 0 Å². The molecule has 0 aromatic carbocycles. The Hall–Kier alpha value is -4.10. The zero-order chi connectivity index (χ0) is 29.2. The molecule has 0 fully saturated rings. The number of carbonyl (C=O) groups is 6. The van der Waals surface area contributed by atoms with Gasteiger partial charge in [0.1, 0.15) is 37.3 Å². The Morgan fingerprint density at radius 3 is 1.58 bits per heavy atom. The van der Waals surface area contributed by atoms with E-state index < -0.39 is 60.1 Å². The van der Waals surface area contributed by atoms with Gasteiger partial charge in [0, 0.05) is 12.2 Å². The van der Waals surface area contributed by atoms with E-state index >= 15 is 0 Å². The van der Waals surface area contributed by atoms with Gasteiger partial charge in [-0.15, -0.1) is 0 Å². The second-order valence-electron chi connectivity index (χ2n) is 8.10. The minimum Gasteiger partial charge on any atom is -0.469 e. The third-order valence-electron chi connectivity index (χ3n) is 5.27. The van der Waals surface area contributed by atoms with Crippen molar-refractivity contribution < 1.29 is 57.2 Å². The first-order chi connectivity index (χ1) is 17.9. The van der Waals surface area contributed by atoms with Crippen molar-refractivity contribution in [2.24, 2.45) is 10.8 Å². The molecule has 2 amide bonds. The average Bonchev–Trinajstić information content (AvgIpc) is 2.93. The lowest BCUT2D eigenvalue weighted by molar-refractivity contribution is -0.166. The summed E-state index contributed by atoms with van der Waals surface area (Å²) in [4.78, 5) is 71.8. The van der Waals surface area contributed by atoms with Crippen LogP contribution in [0.25, 0.3) is 0 Å². The zero-order valence-corrected chi connectivity index (χ0v) is 22.1. The van der Waals surface area contributed by atoms with Gasteiger partial charge in [-0.05, 0) is 19.8 Å². The molecule has 0 aromatic heterocycles. The van der Waals surface area contributed by atoms with Gasteiger partial charge in [0.05, 0.1) is 27.3 Å². The molecule has 14 nitrogen and oxygen atoms in total. The summed E-state index contributed by atoms with van der Waals surface area (Å²) in [5.74, 6) is -2.88. The summed E-state index contributed by atoms with van der Waals surface area (Å²) in [7, 11) is 2.27. The third kappa shape index (κ3) is 11.8. The molecular formula is C24H36N2O12. The van der Waals surface area contributed by atoms with Crippen LogP contribution in [0, 0.1) is 10.8 Å². The lowest BCUT2D eigenvalue weighted by atomic mass is 9.71. The molecule has 0 bridgehead atoms. The number of carbonyl (C=O) groups excluding carboxylic acids is 6. The molecule has 0 spiro atoms. The number of esters is 4. The average molecular weight is 545 g/mol. The summed E-state index contributed by atoms with van der Waals surface area (Å²) in [6.45, 7) is 8.15. The molecule has 0 radical (unpaired) electrons. The number of amides is 2. The maximum absolute atomic E-state index is 12.8. The highest BCUT2D eigenvalue weighted by atomic mass is 16.6.